The summed E-state index contributed by atoms with van der Waals surface area (Å²) in [5.41, 5.74) is 1.31. The highest BCUT2D eigenvalue weighted by molar-refractivity contribution is 7.80. The third-order valence-electron chi connectivity index (χ3n) is 5.18. The molecule has 0 radical (unpaired) electrons. The van der Waals surface area contributed by atoms with Gasteiger partial charge in [-0.2, -0.15) is 0 Å². The van der Waals surface area contributed by atoms with E-state index in [1.54, 1.807) is 0 Å². The number of nitrogens with zero attached hydrogens (tertiary/aromatic N) is 1. The zero-order valence-corrected chi connectivity index (χ0v) is 17.6. The second kappa shape index (κ2) is 9.25. The molecule has 7 nitrogen and oxygen atoms in total. The zero-order valence-electron chi connectivity index (χ0n) is 16.8. The van der Waals surface area contributed by atoms with Gasteiger partial charge in [-0.15, -0.1) is 0 Å². The molecule has 3 N–H and O–H groups in total. The Morgan fingerprint density at radius 2 is 1.89 bits per heavy atom. The number of likely N-dealkylation sites (N-methyl/N-ethyl adjacent to an activating group) is 1. The van der Waals surface area contributed by atoms with Gasteiger partial charge < -0.3 is 29.6 Å². The largest absolute Gasteiger partial charge is 0.486 e. The molecular weight excluding hydrogens is 376 g/mol. The maximum absolute atomic E-state index is 12.7. The monoisotopic (exact) mass is 405 g/mol. The van der Waals surface area contributed by atoms with E-state index >= 15 is 0 Å². The van der Waals surface area contributed by atoms with E-state index in [4.69, 9.17) is 21.7 Å². The molecular formula is C20H29N4O3S+. The van der Waals surface area contributed by atoms with Crippen LogP contribution in [0.1, 0.15) is 19.4 Å². The highest BCUT2D eigenvalue weighted by Crippen LogP contribution is 2.33. The van der Waals surface area contributed by atoms with Crippen LogP contribution in [0.2, 0.25) is 0 Å². The van der Waals surface area contributed by atoms with Gasteiger partial charge in [-0.3, -0.25) is 4.79 Å². The van der Waals surface area contributed by atoms with Crippen molar-refractivity contribution in [1.82, 2.24) is 15.2 Å². The highest BCUT2D eigenvalue weighted by atomic mass is 32.1. The molecule has 8 heteroatoms. The van der Waals surface area contributed by atoms with Crippen LogP contribution in [0.4, 0.5) is 0 Å². The zero-order chi connectivity index (χ0) is 20.1. The van der Waals surface area contributed by atoms with Gasteiger partial charge in [0, 0.05) is 24.1 Å². The van der Waals surface area contributed by atoms with Gasteiger partial charge in [0.25, 0.3) is 5.56 Å². The third-order valence-corrected chi connectivity index (χ3v) is 5.64. The number of hydrogen-bond acceptors (Lipinski definition) is 4. The molecule has 0 spiro atoms. The first-order valence-corrected chi connectivity index (χ1v) is 10.2. The van der Waals surface area contributed by atoms with Gasteiger partial charge in [-0.25, -0.2) is 0 Å². The number of hydrogen-bond donors (Lipinski definition) is 3. The van der Waals surface area contributed by atoms with Crippen molar-refractivity contribution in [2.24, 2.45) is 0 Å². The second-order valence-electron chi connectivity index (χ2n) is 6.89. The summed E-state index contributed by atoms with van der Waals surface area (Å²) in [5.74, 6) is 1.38. The van der Waals surface area contributed by atoms with E-state index in [9.17, 15) is 4.79 Å². The first-order valence-electron chi connectivity index (χ1n) is 9.81. The Labute approximate surface area is 170 Å². The quantitative estimate of drug-likeness (QED) is 0.584. The molecule has 0 saturated carbocycles. The SMILES string of the molecule is CC[NH+](CC)CCN(Cc1cc2cc3c(cc2[nH]c1=O)OCCO3)C(=S)NC. The Balaban J connectivity index is 1.86. The average Bonchev–Trinajstić information content (AvgIpc) is 2.72. The van der Waals surface area contributed by atoms with Gasteiger partial charge >= 0.3 is 0 Å². The maximum atomic E-state index is 12.7. The second-order valence-corrected chi connectivity index (χ2v) is 7.28. The number of quaternary nitrogens is 1. The first kappa shape index (κ1) is 20.4. The number of aromatic amines is 1. The molecule has 2 aromatic rings. The fourth-order valence-electron chi connectivity index (χ4n) is 3.42. The standard InChI is InChI=1S/C20H28N4O3S/c1-4-23(5-2)6-7-24(20(28)21-3)13-15-10-14-11-17-18(27-9-8-26-17)12-16(14)22-19(15)25/h10-12H,4-9,13H2,1-3H3,(H,21,28)(H,22,25)/p+1. The Kier molecular flexibility index (Phi) is 6.74. The molecule has 1 aliphatic heterocycles. The summed E-state index contributed by atoms with van der Waals surface area (Å²) < 4.78 is 11.3. The van der Waals surface area contributed by atoms with Crippen LogP contribution >= 0.6 is 12.2 Å². The van der Waals surface area contributed by atoms with E-state index in [0.717, 1.165) is 37.1 Å². The number of rotatable bonds is 7. The smallest absolute Gasteiger partial charge is 0.253 e. The lowest BCUT2D eigenvalue weighted by Crippen LogP contribution is -3.12. The molecule has 2 heterocycles. The summed E-state index contributed by atoms with van der Waals surface area (Å²) in [7, 11) is 1.81. The summed E-state index contributed by atoms with van der Waals surface area (Å²) >= 11 is 5.48. The van der Waals surface area contributed by atoms with Gasteiger partial charge in [0.2, 0.25) is 0 Å². The van der Waals surface area contributed by atoms with Crippen LogP contribution in [-0.4, -0.2) is 61.4 Å². The Morgan fingerprint density at radius 3 is 2.54 bits per heavy atom. The van der Waals surface area contributed by atoms with Crippen molar-refractivity contribution in [1.29, 1.82) is 0 Å². The molecule has 3 rings (SSSR count). The lowest BCUT2D eigenvalue weighted by atomic mass is 10.1. The molecule has 0 aliphatic carbocycles. The predicted octanol–water partition coefficient (Wildman–Crippen LogP) is 0.530. The molecule has 0 fully saturated rings. The minimum atomic E-state index is -0.108. The molecule has 0 amide bonds. The van der Waals surface area contributed by atoms with Crippen LogP contribution in [0.5, 0.6) is 11.5 Å². The molecule has 28 heavy (non-hydrogen) atoms. The Hall–Kier alpha value is -2.32. The number of thiocarbonyl (C=S) groups is 1. The molecule has 1 aromatic carbocycles. The fraction of sp³-hybridized carbons (Fsp3) is 0.500. The van der Waals surface area contributed by atoms with Crippen LogP contribution < -0.4 is 25.2 Å². The van der Waals surface area contributed by atoms with E-state index < -0.39 is 0 Å². The van der Waals surface area contributed by atoms with E-state index in [1.165, 1.54) is 4.90 Å². The molecule has 0 saturated heterocycles. The normalized spacial score (nSPS) is 13.0. The van der Waals surface area contributed by atoms with Crippen LogP contribution in [0.3, 0.4) is 0 Å². The van der Waals surface area contributed by atoms with Crippen molar-refractivity contribution in [2.45, 2.75) is 20.4 Å². The lowest BCUT2D eigenvalue weighted by molar-refractivity contribution is -0.895. The van der Waals surface area contributed by atoms with Crippen LogP contribution in [0.25, 0.3) is 10.9 Å². The van der Waals surface area contributed by atoms with Crippen molar-refractivity contribution >= 4 is 28.2 Å². The summed E-state index contributed by atoms with van der Waals surface area (Å²) in [6.45, 7) is 9.77. The number of pyridine rings is 1. The first-order chi connectivity index (χ1) is 13.5. The number of benzene rings is 1. The highest BCUT2D eigenvalue weighted by Gasteiger charge is 2.17. The number of H-pyrrole nitrogens is 1. The van der Waals surface area contributed by atoms with E-state index in [2.05, 4.69) is 29.0 Å². The van der Waals surface area contributed by atoms with Gasteiger partial charge in [0.15, 0.2) is 16.6 Å². The summed E-state index contributed by atoms with van der Waals surface area (Å²) in [6, 6.07) is 5.67. The van der Waals surface area contributed by atoms with E-state index in [-0.39, 0.29) is 5.56 Å². The fourth-order valence-corrected chi connectivity index (χ4v) is 3.57. The third kappa shape index (κ3) is 4.56. The molecule has 152 valence electrons. The van der Waals surface area contributed by atoms with Crippen molar-refractivity contribution in [2.75, 3.05) is 46.4 Å². The van der Waals surface area contributed by atoms with Crippen molar-refractivity contribution in [3.63, 3.8) is 0 Å². The number of nitrogens with one attached hydrogen (secondary N) is 3. The van der Waals surface area contributed by atoms with Gasteiger partial charge in [-0.1, -0.05) is 0 Å². The Morgan fingerprint density at radius 1 is 1.21 bits per heavy atom. The molecule has 0 atom stereocenters. The minimum absolute atomic E-state index is 0.108. The summed E-state index contributed by atoms with van der Waals surface area (Å²) in [6.07, 6.45) is 0. The maximum Gasteiger partial charge on any atom is 0.253 e. The number of fused-ring (bicyclic) bond motifs is 2. The van der Waals surface area contributed by atoms with Crippen molar-refractivity contribution in [3.8, 4) is 11.5 Å². The van der Waals surface area contributed by atoms with E-state index in [1.807, 2.05) is 25.2 Å². The summed E-state index contributed by atoms with van der Waals surface area (Å²) in [5, 5.41) is 4.61. The molecule has 0 unspecified atom stereocenters. The predicted molar refractivity (Wildman–Crippen MR) is 115 cm³/mol. The van der Waals surface area contributed by atoms with Crippen LogP contribution in [0, 0.1) is 0 Å². The molecule has 1 aliphatic rings. The van der Waals surface area contributed by atoms with Crippen LogP contribution in [-0.2, 0) is 6.54 Å². The lowest BCUT2D eigenvalue weighted by Gasteiger charge is -2.26. The van der Waals surface area contributed by atoms with Crippen LogP contribution in [0.15, 0.2) is 23.0 Å². The molecule has 0 bridgehead atoms. The number of aromatic nitrogens is 1. The summed E-state index contributed by atoms with van der Waals surface area (Å²) in [4.78, 5) is 19.2. The van der Waals surface area contributed by atoms with Crippen molar-refractivity contribution in [3.05, 3.63) is 34.1 Å². The topological polar surface area (TPSA) is 71.0 Å². The average molecular weight is 406 g/mol. The van der Waals surface area contributed by atoms with Gasteiger partial charge in [-0.05, 0) is 38.2 Å². The minimum Gasteiger partial charge on any atom is -0.486 e. The van der Waals surface area contributed by atoms with Gasteiger partial charge in [0.05, 0.1) is 38.2 Å². The molecule has 1 aromatic heterocycles. The van der Waals surface area contributed by atoms with E-state index in [0.29, 0.717) is 41.9 Å². The van der Waals surface area contributed by atoms with Gasteiger partial charge in [0.1, 0.15) is 13.2 Å². The number of ether oxygens (including phenoxy) is 2. The van der Waals surface area contributed by atoms with Crippen molar-refractivity contribution < 1.29 is 14.4 Å². The Bertz CT molecular complexity index is 895.